The van der Waals surface area contributed by atoms with Crippen LogP contribution in [0.25, 0.3) is 0 Å². The molecule has 0 bridgehead atoms. The van der Waals surface area contributed by atoms with Crippen LogP contribution in [0.5, 0.6) is 0 Å². The fraction of sp³-hybridized carbons (Fsp3) is 0.462. The summed E-state index contributed by atoms with van der Waals surface area (Å²) in [5, 5.41) is 17.3. The van der Waals surface area contributed by atoms with Gasteiger partial charge in [0.15, 0.2) is 0 Å². The number of nitrogens with one attached hydrogen (secondary N) is 1. The molecule has 0 amide bonds. The molecular weight excluding hydrogens is 214 g/mol. The molecular formula is C13H19N3O. The smallest absolute Gasteiger partial charge is 0.124 e. The Kier molecular flexibility index (Phi) is 3.33. The van der Waals surface area contributed by atoms with Crippen LogP contribution in [-0.2, 0) is 0 Å². The molecule has 1 aromatic carbocycles. The number of hydrogen-bond acceptors (Lipinski definition) is 3. The van der Waals surface area contributed by atoms with Crippen LogP contribution in [0.4, 0.5) is 5.69 Å². The van der Waals surface area contributed by atoms with Crippen LogP contribution < -0.4 is 10.6 Å². The third kappa shape index (κ3) is 2.58. The summed E-state index contributed by atoms with van der Waals surface area (Å²) in [6.07, 6.45) is 1.56. The molecule has 1 aromatic rings. The molecule has 92 valence electrons. The zero-order chi connectivity index (χ0) is 12.4. The molecule has 0 spiro atoms. The minimum atomic E-state index is -0.274. The van der Waals surface area contributed by atoms with Crippen LogP contribution in [0.2, 0.25) is 0 Å². The summed E-state index contributed by atoms with van der Waals surface area (Å²) < 4.78 is 0. The Labute approximate surface area is 102 Å². The van der Waals surface area contributed by atoms with Crippen LogP contribution in [0.1, 0.15) is 24.0 Å². The van der Waals surface area contributed by atoms with E-state index in [4.69, 9.17) is 11.1 Å². The molecule has 0 aromatic heterocycles. The van der Waals surface area contributed by atoms with Gasteiger partial charge in [0.1, 0.15) is 5.84 Å². The van der Waals surface area contributed by atoms with Gasteiger partial charge in [-0.2, -0.15) is 0 Å². The number of nitrogens with two attached hydrogens (primary N) is 1. The van der Waals surface area contributed by atoms with Gasteiger partial charge in [-0.1, -0.05) is 6.07 Å². The molecule has 1 heterocycles. The van der Waals surface area contributed by atoms with Crippen LogP contribution >= 0.6 is 0 Å². The minimum absolute atomic E-state index is 0.0834. The maximum Gasteiger partial charge on any atom is 0.124 e. The molecule has 17 heavy (non-hydrogen) atoms. The molecule has 1 fully saturated rings. The Morgan fingerprint density at radius 2 is 2.29 bits per heavy atom. The van der Waals surface area contributed by atoms with Gasteiger partial charge in [-0.3, -0.25) is 5.41 Å². The lowest BCUT2D eigenvalue weighted by Gasteiger charge is -2.33. The van der Waals surface area contributed by atoms with Crippen molar-refractivity contribution in [2.24, 2.45) is 5.73 Å². The van der Waals surface area contributed by atoms with Gasteiger partial charge in [-0.15, -0.1) is 0 Å². The lowest BCUT2D eigenvalue weighted by Crippen LogP contribution is -2.39. The Morgan fingerprint density at radius 1 is 1.53 bits per heavy atom. The van der Waals surface area contributed by atoms with E-state index in [2.05, 4.69) is 4.90 Å². The average Bonchev–Trinajstić information content (AvgIpc) is 2.28. The van der Waals surface area contributed by atoms with E-state index in [9.17, 15) is 5.11 Å². The van der Waals surface area contributed by atoms with Crippen molar-refractivity contribution >= 4 is 11.5 Å². The highest BCUT2D eigenvalue weighted by Crippen LogP contribution is 2.25. The number of benzene rings is 1. The maximum absolute atomic E-state index is 9.71. The van der Waals surface area contributed by atoms with Gasteiger partial charge in [0, 0.05) is 24.3 Å². The molecule has 0 saturated carbocycles. The molecule has 1 unspecified atom stereocenters. The van der Waals surface area contributed by atoms with Crippen molar-refractivity contribution in [3.05, 3.63) is 29.3 Å². The van der Waals surface area contributed by atoms with Gasteiger partial charge in [0.2, 0.25) is 0 Å². The number of aliphatic hydroxyl groups is 1. The monoisotopic (exact) mass is 233 g/mol. The van der Waals surface area contributed by atoms with Crippen LogP contribution in [0, 0.1) is 12.3 Å². The van der Waals surface area contributed by atoms with Crippen molar-refractivity contribution in [2.45, 2.75) is 25.9 Å². The number of β-amino-alcohol motifs (C(OH)–C–C–N with tert-alkyl or cyclic N) is 1. The summed E-state index contributed by atoms with van der Waals surface area (Å²) in [5.74, 6) is 0.0834. The summed E-state index contributed by atoms with van der Waals surface area (Å²) in [6.45, 7) is 3.57. The van der Waals surface area contributed by atoms with Crippen molar-refractivity contribution in [3.63, 3.8) is 0 Å². The quantitative estimate of drug-likeness (QED) is 0.531. The molecule has 1 atom stereocenters. The minimum Gasteiger partial charge on any atom is -0.391 e. The summed E-state index contributed by atoms with van der Waals surface area (Å²) in [7, 11) is 0. The molecule has 1 saturated heterocycles. The number of piperidine rings is 1. The Bertz CT molecular complexity index is 431. The second kappa shape index (κ2) is 4.75. The second-order valence-electron chi connectivity index (χ2n) is 4.68. The standard InChI is InChI=1S/C13H19N3O/c1-9-4-5-11(13(14)15)12(7-9)16-6-2-3-10(17)8-16/h4-5,7,10,17H,2-3,6,8H2,1H3,(H3,14,15). The van der Waals surface area contributed by atoms with E-state index in [1.165, 1.54) is 0 Å². The van der Waals surface area contributed by atoms with Crippen molar-refractivity contribution in [1.29, 1.82) is 5.41 Å². The number of rotatable bonds is 2. The molecule has 0 aliphatic carbocycles. The zero-order valence-corrected chi connectivity index (χ0v) is 10.1. The van der Waals surface area contributed by atoms with Crippen molar-refractivity contribution in [1.82, 2.24) is 0 Å². The van der Waals surface area contributed by atoms with Crippen molar-refractivity contribution in [3.8, 4) is 0 Å². The van der Waals surface area contributed by atoms with E-state index >= 15 is 0 Å². The molecule has 4 N–H and O–H groups in total. The number of anilines is 1. The van der Waals surface area contributed by atoms with E-state index in [1.807, 2.05) is 25.1 Å². The van der Waals surface area contributed by atoms with Gasteiger partial charge in [-0.25, -0.2) is 0 Å². The number of nitrogen functional groups attached to an aromatic ring is 1. The third-order valence-electron chi connectivity index (χ3n) is 3.18. The topological polar surface area (TPSA) is 73.3 Å². The zero-order valence-electron chi connectivity index (χ0n) is 10.1. The SMILES string of the molecule is Cc1ccc(C(=N)N)c(N2CCCC(O)C2)c1. The summed E-state index contributed by atoms with van der Waals surface area (Å²) in [6, 6.07) is 5.88. The van der Waals surface area contributed by atoms with Crippen molar-refractivity contribution in [2.75, 3.05) is 18.0 Å². The Hall–Kier alpha value is -1.55. The second-order valence-corrected chi connectivity index (χ2v) is 4.68. The molecule has 4 nitrogen and oxygen atoms in total. The highest BCUT2D eigenvalue weighted by molar-refractivity contribution is 6.00. The van der Waals surface area contributed by atoms with E-state index in [-0.39, 0.29) is 11.9 Å². The van der Waals surface area contributed by atoms with Crippen LogP contribution in [-0.4, -0.2) is 30.1 Å². The van der Waals surface area contributed by atoms with E-state index in [0.717, 1.165) is 36.2 Å². The molecule has 1 aliphatic rings. The van der Waals surface area contributed by atoms with Crippen LogP contribution in [0.15, 0.2) is 18.2 Å². The number of hydrogen-bond donors (Lipinski definition) is 3. The first kappa shape index (κ1) is 11.9. The van der Waals surface area contributed by atoms with E-state index in [1.54, 1.807) is 0 Å². The maximum atomic E-state index is 9.71. The fourth-order valence-corrected chi connectivity index (χ4v) is 2.30. The highest BCUT2D eigenvalue weighted by Gasteiger charge is 2.20. The number of amidine groups is 1. The lowest BCUT2D eigenvalue weighted by molar-refractivity contribution is 0.154. The van der Waals surface area contributed by atoms with Gasteiger partial charge in [0.25, 0.3) is 0 Å². The average molecular weight is 233 g/mol. The summed E-state index contributed by atoms with van der Waals surface area (Å²) in [4.78, 5) is 2.12. The summed E-state index contributed by atoms with van der Waals surface area (Å²) in [5.41, 5.74) is 8.47. The lowest BCUT2D eigenvalue weighted by atomic mass is 10.0. The molecule has 0 radical (unpaired) electrons. The number of aryl methyl sites for hydroxylation is 1. The first-order valence-electron chi connectivity index (χ1n) is 5.96. The number of aliphatic hydroxyl groups excluding tert-OH is 1. The van der Waals surface area contributed by atoms with Gasteiger partial charge < -0.3 is 15.7 Å². The first-order chi connectivity index (χ1) is 8.08. The summed E-state index contributed by atoms with van der Waals surface area (Å²) >= 11 is 0. The van der Waals surface area contributed by atoms with Gasteiger partial charge in [0.05, 0.1) is 6.10 Å². The van der Waals surface area contributed by atoms with E-state index in [0.29, 0.717) is 6.54 Å². The third-order valence-corrected chi connectivity index (χ3v) is 3.18. The predicted octanol–water partition coefficient (Wildman–Crippen LogP) is 1.24. The first-order valence-corrected chi connectivity index (χ1v) is 5.96. The van der Waals surface area contributed by atoms with E-state index < -0.39 is 0 Å². The Balaban J connectivity index is 2.35. The van der Waals surface area contributed by atoms with Crippen molar-refractivity contribution < 1.29 is 5.11 Å². The molecule has 2 rings (SSSR count). The molecule has 4 heteroatoms. The van der Waals surface area contributed by atoms with Crippen LogP contribution in [0.3, 0.4) is 0 Å². The predicted molar refractivity (Wildman–Crippen MR) is 69.6 cm³/mol. The van der Waals surface area contributed by atoms with Gasteiger partial charge >= 0.3 is 0 Å². The highest BCUT2D eigenvalue weighted by atomic mass is 16.3. The number of nitrogens with zero attached hydrogens (tertiary/aromatic N) is 1. The molecule has 1 aliphatic heterocycles. The largest absolute Gasteiger partial charge is 0.391 e. The Morgan fingerprint density at radius 3 is 2.94 bits per heavy atom. The normalized spacial score (nSPS) is 20.4. The van der Waals surface area contributed by atoms with Gasteiger partial charge in [-0.05, 0) is 37.5 Å². The fourth-order valence-electron chi connectivity index (χ4n) is 2.30.